The zero-order chi connectivity index (χ0) is 17.3. The van der Waals surface area contributed by atoms with Crippen LogP contribution in [0.2, 0.25) is 10.0 Å². The third kappa shape index (κ3) is 4.20. The highest BCUT2D eigenvalue weighted by atomic mass is 35.5. The topological polar surface area (TPSA) is 45.1 Å². The van der Waals surface area contributed by atoms with Gasteiger partial charge < -0.3 is 4.74 Å². The van der Waals surface area contributed by atoms with Crippen molar-refractivity contribution in [3.63, 3.8) is 0 Å². The van der Waals surface area contributed by atoms with Crippen LogP contribution in [-0.4, -0.2) is 59.4 Å². The Morgan fingerprint density at radius 1 is 1.29 bits per heavy atom. The van der Waals surface area contributed by atoms with E-state index in [1.165, 1.54) is 16.4 Å². The Balaban J connectivity index is 1.63. The molecule has 0 saturated carbocycles. The van der Waals surface area contributed by atoms with Crippen molar-refractivity contribution in [3.8, 4) is 0 Å². The van der Waals surface area contributed by atoms with Gasteiger partial charge >= 0.3 is 0 Å². The first kappa shape index (κ1) is 18.4. The van der Waals surface area contributed by atoms with Gasteiger partial charge in [-0.2, -0.15) is 12.9 Å². The Morgan fingerprint density at radius 2 is 1.88 bits per heavy atom. The molecule has 0 aliphatic carbocycles. The van der Waals surface area contributed by atoms with E-state index in [4.69, 9.17) is 27.9 Å². The summed E-state index contributed by atoms with van der Waals surface area (Å²) >= 11 is 12.0. The Labute approximate surface area is 152 Å². The zero-order valence-electron chi connectivity index (χ0n) is 13.4. The fraction of sp³-hybridized carbons (Fsp3) is 0.600. The number of nitrogens with zero attached hydrogens (tertiary/aromatic N) is 3. The van der Waals surface area contributed by atoms with Crippen LogP contribution in [0.25, 0.3) is 0 Å². The minimum absolute atomic E-state index is 0.194. The van der Waals surface area contributed by atoms with Crippen LogP contribution in [0.1, 0.15) is 5.56 Å². The molecule has 1 atom stereocenters. The van der Waals surface area contributed by atoms with E-state index in [-0.39, 0.29) is 5.69 Å². The van der Waals surface area contributed by atoms with E-state index < -0.39 is 10.3 Å². The van der Waals surface area contributed by atoms with Crippen LogP contribution in [0.15, 0.2) is 16.5 Å². The van der Waals surface area contributed by atoms with Gasteiger partial charge in [-0.15, -0.1) is 3.89 Å². The number of benzene rings is 1. The van der Waals surface area contributed by atoms with E-state index in [2.05, 4.69) is 9.26 Å². The molecule has 2 saturated heterocycles. The molecule has 9 heteroatoms. The second-order valence-electron chi connectivity index (χ2n) is 6.18. The molecule has 2 fully saturated rings. The van der Waals surface area contributed by atoms with Gasteiger partial charge in [-0.25, -0.2) is 0 Å². The molecule has 134 valence electrons. The van der Waals surface area contributed by atoms with Crippen molar-refractivity contribution < 1.29 is 12.8 Å². The third-order valence-corrected chi connectivity index (χ3v) is 6.50. The Hall–Kier alpha value is -0.440. The molecule has 0 amide bonds. The normalized spacial score (nSPS) is 22.8. The van der Waals surface area contributed by atoms with Crippen LogP contribution in [0.5, 0.6) is 0 Å². The second kappa shape index (κ2) is 7.43. The molecule has 3 rings (SSSR count). The number of morpholine rings is 1. The van der Waals surface area contributed by atoms with Crippen LogP contribution in [0.4, 0.5) is 9.57 Å². The lowest BCUT2D eigenvalue weighted by Gasteiger charge is -2.40. The lowest BCUT2D eigenvalue weighted by Crippen LogP contribution is -2.53. The first-order valence-electron chi connectivity index (χ1n) is 7.83. The Kier molecular flexibility index (Phi) is 5.68. The quantitative estimate of drug-likeness (QED) is 0.733. The number of rotatable bonds is 4. The van der Waals surface area contributed by atoms with Gasteiger partial charge in [0.1, 0.15) is 0 Å². The minimum atomic E-state index is -3.95. The largest absolute Gasteiger partial charge is 0.379 e. The summed E-state index contributed by atoms with van der Waals surface area (Å²) in [6, 6.07) is 2.96. The van der Waals surface area contributed by atoms with Gasteiger partial charge in [-0.3, -0.25) is 4.90 Å². The Morgan fingerprint density at radius 3 is 2.46 bits per heavy atom. The predicted molar refractivity (Wildman–Crippen MR) is 94.9 cm³/mol. The maximum absolute atomic E-state index is 14.5. The summed E-state index contributed by atoms with van der Waals surface area (Å²) in [6.07, 6.45) is 0. The van der Waals surface area contributed by atoms with Crippen molar-refractivity contribution in [2.75, 3.05) is 45.9 Å². The number of ether oxygens (including phenoxy) is 1. The van der Waals surface area contributed by atoms with Crippen molar-refractivity contribution in [1.82, 2.24) is 9.21 Å². The van der Waals surface area contributed by atoms with Gasteiger partial charge in [-0.1, -0.05) is 23.2 Å². The molecule has 1 unspecified atom stereocenters. The molecule has 0 bridgehead atoms. The summed E-state index contributed by atoms with van der Waals surface area (Å²) in [5.74, 6) is 0.306. The van der Waals surface area contributed by atoms with Gasteiger partial charge in [0, 0.05) is 42.8 Å². The summed E-state index contributed by atoms with van der Waals surface area (Å²) in [6.45, 7) is 6.76. The van der Waals surface area contributed by atoms with E-state index in [0.29, 0.717) is 34.6 Å². The van der Waals surface area contributed by atoms with Gasteiger partial charge in [0.2, 0.25) is 0 Å². The summed E-state index contributed by atoms with van der Waals surface area (Å²) in [7, 11) is -3.95. The van der Waals surface area contributed by atoms with Crippen molar-refractivity contribution in [2.45, 2.75) is 6.92 Å². The summed E-state index contributed by atoms with van der Waals surface area (Å²) < 4.78 is 37.1. The molecule has 24 heavy (non-hydrogen) atoms. The molecule has 0 radical (unpaired) electrons. The Bertz CT molecular complexity index is 704. The number of hydrogen-bond donors (Lipinski definition) is 0. The minimum Gasteiger partial charge on any atom is -0.379 e. The lowest BCUT2D eigenvalue weighted by atomic mass is 10.0. The monoisotopic (exact) mass is 395 g/mol. The van der Waals surface area contributed by atoms with Gasteiger partial charge in [0.25, 0.3) is 10.3 Å². The predicted octanol–water partition coefficient (Wildman–Crippen LogP) is 3.46. The standard InChI is InChI=1S/C15H20Cl2FN3O2S/c1-11-14(16)6-13(7-15(11)17)19-24(18,22)21-9-12(10-21)8-20-2-4-23-5-3-20/h6-7,12H,2-5,8-10H2,1H3. The van der Waals surface area contributed by atoms with Gasteiger partial charge in [0.05, 0.1) is 18.9 Å². The molecule has 5 nitrogen and oxygen atoms in total. The summed E-state index contributed by atoms with van der Waals surface area (Å²) in [4.78, 5) is 2.29. The molecular formula is C15H20Cl2FN3O2S. The van der Waals surface area contributed by atoms with Crippen molar-refractivity contribution in [3.05, 3.63) is 27.7 Å². The maximum Gasteiger partial charge on any atom is 0.275 e. The molecule has 0 spiro atoms. The highest BCUT2D eigenvalue weighted by Gasteiger charge is 2.35. The van der Waals surface area contributed by atoms with E-state index in [0.717, 1.165) is 32.8 Å². The van der Waals surface area contributed by atoms with E-state index >= 15 is 0 Å². The van der Waals surface area contributed by atoms with Crippen LogP contribution < -0.4 is 0 Å². The molecule has 2 heterocycles. The number of halogens is 3. The average molecular weight is 396 g/mol. The lowest BCUT2D eigenvalue weighted by molar-refractivity contribution is 0.0191. The molecule has 1 aromatic rings. The van der Waals surface area contributed by atoms with Crippen molar-refractivity contribution in [2.24, 2.45) is 10.3 Å². The second-order valence-corrected chi connectivity index (χ2v) is 8.56. The van der Waals surface area contributed by atoms with Crippen molar-refractivity contribution >= 4 is 39.2 Å². The summed E-state index contributed by atoms with van der Waals surface area (Å²) in [5, 5.41) is 0.760. The molecule has 2 aliphatic rings. The molecule has 0 N–H and O–H groups in total. The first-order valence-corrected chi connectivity index (χ1v) is 9.95. The summed E-state index contributed by atoms with van der Waals surface area (Å²) in [5.41, 5.74) is 0.886. The van der Waals surface area contributed by atoms with Crippen LogP contribution in [0, 0.1) is 12.8 Å². The molecule has 0 aromatic heterocycles. The molecular weight excluding hydrogens is 376 g/mol. The van der Waals surface area contributed by atoms with Crippen LogP contribution in [-0.2, 0) is 15.0 Å². The molecule has 1 aromatic carbocycles. The van der Waals surface area contributed by atoms with Gasteiger partial charge in [-0.05, 0) is 30.5 Å². The third-order valence-electron chi connectivity index (χ3n) is 4.35. The zero-order valence-corrected chi connectivity index (χ0v) is 15.7. The smallest absolute Gasteiger partial charge is 0.275 e. The van der Waals surface area contributed by atoms with Crippen LogP contribution >= 0.6 is 23.2 Å². The van der Waals surface area contributed by atoms with Crippen molar-refractivity contribution in [1.29, 1.82) is 0 Å². The fourth-order valence-electron chi connectivity index (χ4n) is 2.84. The van der Waals surface area contributed by atoms with E-state index in [9.17, 15) is 8.09 Å². The first-order chi connectivity index (χ1) is 11.3. The highest BCUT2D eigenvalue weighted by molar-refractivity contribution is 7.86. The van der Waals surface area contributed by atoms with Crippen LogP contribution in [0.3, 0.4) is 0 Å². The maximum atomic E-state index is 14.5. The SMILES string of the molecule is Cc1c(Cl)cc(N=S(=O)(F)N2CC(CN3CCOCC3)C2)cc1Cl. The van der Waals surface area contributed by atoms with E-state index in [1.54, 1.807) is 6.92 Å². The highest BCUT2D eigenvalue weighted by Crippen LogP contribution is 2.32. The van der Waals surface area contributed by atoms with Gasteiger partial charge in [0.15, 0.2) is 0 Å². The van der Waals surface area contributed by atoms with E-state index in [1.807, 2.05) is 0 Å². The molecule has 2 aliphatic heterocycles. The average Bonchev–Trinajstić information content (AvgIpc) is 2.48. The fourth-order valence-corrected chi connectivity index (χ4v) is 4.59. The number of hydrogen-bond acceptors (Lipinski definition) is 4.